The Morgan fingerprint density at radius 3 is 2.32 bits per heavy atom. The summed E-state index contributed by atoms with van der Waals surface area (Å²) in [5.74, 6) is -0.273. The highest BCUT2D eigenvalue weighted by Gasteiger charge is 2.26. The molecule has 122 valence electrons. The van der Waals surface area contributed by atoms with Crippen LogP contribution < -0.4 is 5.43 Å². The largest absolute Gasteiger partial charge is 0.503 e. The summed E-state index contributed by atoms with van der Waals surface area (Å²) >= 11 is 0. The van der Waals surface area contributed by atoms with E-state index in [-0.39, 0.29) is 12.4 Å². The maximum absolute atomic E-state index is 11.9. The molecular weight excluding hydrogens is 280 g/mol. The number of nitrogens with zero attached hydrogens (tertiary/aromatic N) is 2. The van der Waals surface area contributed by atoms with Crippen LogP contribution in [0.2, 0.25) is 0 Å². The second kappa shape index (κ2) is 7.42. The van der Waals surface area contributed by atoms with Crippen LogP contribution in [-0.2, 0) is 12.1 Å². The summed E-state index contributed by atoms with van der Waals surface area (Å²) < 4.78 is 1.82. The number of rotatable bonds is 8. The molecule has 1 aromatic rings. The van der Waals surface area contributed by atoms with E-state index < -0.39 is 11.0 Å². The monoisotopic (exact) mass is 306 g/mol. The molecule has 5 heteroatoms. The number of hydrogen-bond donors (Lipinski definition) is 2. The Balaban J connectivity index is 3.46. The molecule has 2 N–H and O–H groups in total. The molecule has 0 bridgehead atoms. The Hall–Kier alpha value is -1.85. The number of aromatic hydroxyl groups is 1. The van der Waals surface area contributed by atoms with Gasteiger partial charge in [0.2, 0.25) is 5.43 Å². The van der Waals surface area contributed by atoms with E-state index in [9.17, 15) is 15.0 Å². The number of pyridine rings is 1. The van der Waals surface area contributed by atoms with Crippen molar-refractivity contribution in [3.63, 3.8) is 0 Å². The molecule has 0 unspecified atom stereocenters. The SMILES string of the molecule is C=CCN(CC=C)Cc1c(O)c(=O)cc(C)n1C(C)(C)CO. The van der Waals surface area contributed by atoms with Gasteiger partial charge in [0.1, 0.15) is 0 Å². The highest BCUT2D eigenvalue weighted by atomic mass is 16.3. The summed E-state index contributed by atoms with van der Waals surface area (Å²) in [5.41, 5.74) is 0.162. The normalized spacial score (nSPS) is 11.7. The third kappa shape index (κ3) is 3.87. The first-order chi connectivity index (χ1) is 10.3. The van der Waals surface area contributed by atoms with Crippen LogP contribution in [0, 0.1) is 6.92 Å². The first-order valence-electron chi connectivity index (χ1n) is 7.28. The van der Waals surface area contributed by atoms with E-state index in [0.717, 1.165) is 0 Å². The molecule has 0 aromatic carbocycles. The molecule has 0 saturated heterocycles. The Kier molecular flexibility index (Phi) is 6.14. The van der Waals surface area contributed by atoms with Crippen LogP contribution in [0.1, 0.15) is 25.2 Å². The second-order valence-corrected chi connectivity index (χ2v) is 6.02. The first kappa shape index (κ1) is 18.2. The van der Waals surface area contributed by atoms with Gasteiger partial charge in [0, 0.05) is 31.4 Å². The predicted molar refractivity (Wildman–Crippen MR) is 89.2 cm³/mol. The van der Waals surface area contributed by atoms with Crippen LogP contribution in [0.25, 0.3) is 0 Å². The average molecular weight is 306 g/mol. The van der Waals surface area contributed by atoms with E-state index in [1.165, 1.54) is 6.07 Å². The minimum atomic E-state index is -0.626. The zero-order valence-electron chi connectivity index (χ0n) is 13.7. The topological polar surface area (TPSA) is 65.7 Å². The smallest absolute Gasteiger partial charge is 0.223 e. The third-order valence-corrected chi connectivity index (χ3v) is 3.61. The Morgan fingerprint density at radius 2 is 1.86 bits per heavy atom. The van der Waals surface area contributed by atoms with Gasteiger partial charge in [-0.1, -0.05) is 12.2 Å². The Bertz CT molecular complexity index is 593. The fourth-order valence-electron chi connectivity index (χ4n) is 2.62. The molecule has 0 spiro atoms. The molecule has 5 nitrogen and oxygen atoms in total. The van der Waals surface area contributed by atoms with Crippen LogP contribution in [0.4, 0.5) is 0 Å². The zero-order valence-corrected chi connectivity index (χ0v) is 13.7. The molecule has 1 rings (SSSR count). The van der Waals surface area contributed by atoms with Crippen LogP contribution in [0.15, 0.2) is 36.2 Å². The number of aliphatic hydroxyl groups excluding tert-OH is 1. The lowest BCUT2D eigenvalue weighted by atomic mass is 10.0. The molecule has 1 aromatic heterocycles. The summed E-state index contributed by atoms with van der Waals surface area (Å²) in [5, 5.41) is 19.9. The van der Waals surface area contributed by atoms with Gasteiger partial charge in [-0.25, -0.2) is 0 Å². The molecule has 0 fully saturated rings. The summed E-state index contributed by atoms with van der Waals surface area (Å²) in [4.78, 5) is 13.9. The fourth-order valence-corrected chi connectivity index (χ4v) is 2.62. The Morgan fingerprint density at radius 1 is 1.32 bits per heavy atom. The second-order valence-electron chi connectivity index (χ2n) is 6.02. The van der Waals surface area contributed by atoms with Crippen molar-refractivity contribution in [1.82, 2.24) is 9.47 Å². The minimum Gasteiger partial charge on any atom is -0.503 e. The number of aromatic nitrogens is 1. The number of aliphatic hydroxyl groups is 1. The summed E-state index contributed by atoms with van der Waals surface area (Å²) in [6.07, 6.45) is 3.52. The van der Waals surface area contributed by atoms with Crippen LogP contribution in [0.3, 0.4) is 0 Å². The molecular formula is C17H26N2O3. The van der Waals surface area contributed by atoms with Crippen molar-refractivity contribution in [1.29, 1.82) is 0 Å². The third-order valence-electron chi connectivity index (χ3n) is 3.61. The van der Waals surface area contributed by atoms with Gasteiger partial charge in [-0.2, -0.15) is 0 Å². The molecule has 1 heterocycles. The average Bonchev–Trinajstić information content (AvgIpc) is 2.44. The van der Waals surface area contributed by atoms with Crippen LogP contribution >= 0.6 is 0 Å². The lowest BCUT2D eigenvalue weighted by Crippen LogP contribution is -2.37. The van der Waals surface area contributed by atoms with E-state index >= 15 is 0 Å². The molecule has 0 aliphatic carbocycles. The van der Waals surface area contributed by atoms with E-state index in [1.807, 2.05) is 23.3 Å². The highest BCUT2D eigenvalue weighted by Crippen LogP contribution is 2.25. The van der Waals surface area contributed by atoms with Crippen molar-refractivity contribution in [3.8, 4) is 5.75 Å². The highest BCUT2D eigenvalue weighted by molar-refractivity contribution is 5.31. The van der Waals surface area contributed by atoms with Gasteiger partial charge in [-0.3, -0.25) is 9.69 Å². The molecule has 0 saturated carbocycles. The van der Waals surface area contributed by atoms with E-state index in [2.05, 4.69) is 13.2 Å². The Labute approximate surface area is 131 Å². The van der Waals surface area contributed by atoms with Crippen molar-refractivity contribution >= 4 is 0 Å². The van der Waals surface area contributed by atoms with Crippen molar-refractivity contribution < 1.29 is 10.2 Å². The first-order valence-corrected chi connectivity index (χ1v) is 7.28. The van der Waals surface area contributed by atoms with Crippen molar-refractivity contribution in [3.05, 3.63) is 53.0 Å². The van der Waals surface area contributed by atoms with Crippen molar-refractivity contribution in [2.75, 3.05) is 19.7 Å². The van der Waals surface area contributed by atoms with Gasteiger partial charge < -0.3 is 14.8 Å². The van der Waals surface area contributed by atoms with E-state index in [4.69, 9.17) is 0 Å². The van der Waals surface area contributed by atoms with Gasteiger partial charge in [0.15, 0.2) is 5.75 Å². The van der Waals surface area contributed by atoms with E-state index in [0.29, 0.717) is 31.0 Å². The molecule has 0 aliphatic heterocycles. The van der Waals surface area contributed by atoms with Gasteiger partial charge in [-0.05, 0) is 20.8 Å². The van der Waals surface area contributed by atoms with Crippen LogP contribution in [-0.4, -0.2) is 39.4 Å². The lowest BCUT2D eigenvalue weighted by molar-refractivity contribution is 0.153. The zero-order chi connectivity index (χ0) is 16.9. The summed E-state index contributed by atoms with van der Waals surface area (Å²) in [7, 11) is 0. The number of hydrogen-bond acceptors (Lipinski definition) is 4. The van der Waals surface area contributed by atoms with Gasteiger partial charge in [-0.15, -0.1) is 13.2 Å². The molecule has 0 radical (unpaired) electrons. The van der Waals surface area contributed by atoms with Gasteiger partial charge in [0.05, 0.1) is 17.8 Å². The summed E-state index contributed by atoms with van der Waals surface area (Å²) in [6.45, 7) is 14.4. The lowest BCUT2D eigenvalue weighted by Gasteiger charge is -2.33. The maximum Gasteiger partial charge on any atom is 0.223 e. The predicted octanol–water partition coefficient (Wildman–Crippen LogP) is 1.76. The molecule has 0 amide bonds. The summed E-state index contributed by atoms with van der Waals surface area (Å²) in [6, 6.07) is 1.39. The van der Waals surface area contributed by atoms with Gasteiger partial charge >= 0.3 is 0 Å². The van der Waals surface area contributed by atoms with Crippen molar-refractivity contribution in [2.24, 2.45) is 0 Å². The maximum atomic E-state index is 11.9. The fraction of sp³-hybridized carbons (Fsp3) is 0.471. The number of aryl methyl sites for hydroxylation is 1. The standard InChI is InChI=1S/C17H26N2O3/c1-6-8-18(9-7-2)11-14-16(22)15(21)10-13(3)19(14)17(4,5)12-20/h6-7,10,20,22H,1-2,8-9,11-12H2,3-5H3. The quantitative estimate of drug-likeness (QED) is 0.718. The van der Waals surface area contributed by atoms with Crippen molar-refractivity contribution in [2.45, 2.75) is 32.9 Å². The van der Waals surface area contributed by atoms with Crippen LogP contribution in [0.5, 0.6) is 5.75 Å². The van der Waals surface area contributed by atoms with Gasteiger partial charge in [0.25, 0.3) is 0 Å². The van der Waals surface area contributed by atoms with E-state index in [1.54, 1.807) is 19.1 Å². The molecule has 0 atom stereocenters. The molecule has 22 heavy (non-hydrogen) atoms. The minimum absolute atomic E-state index is 0.105. The molecule has 0 aliphatic rings.